The highest BCUT2D eigenvalue weighted by molar-refractivity contribution is 6.30. The molecule has 0 atom stereocenters. The van der Waals surface area contributed by atoms with Crippen LogP contribution in [0, 0.1) is 5.95 Å². The van der Waals surface area contributed by atoms with E-state index in [2.05, 4.69) is 15.0 Å². The lowest BCUT2D eigenvalue weighted by Gasteiger charge is -1.94. The Balaban J connectivity index is 2.72. The van der Waals surface area contributed by atoms with Crippen LogP contribution in [0.5, 0.6) is 0 Å². The van der Waals surface area contributed by atoms with Gasteiger partial charge in [0, 0.05) is 17.7 Å². The molecule has 0 spiro atoms. The minimum absolute atomic E-state index is 0.0315. The molecule has 0 aliphatic carbocycles. The summed E-state index contributed by atoms with van der Waals surface area (Å²) in [5.41, 5.74) is 8.64. The number of nitrogens with zero attached hydrogens (tertiary/aromatic N) is 4. The molecule has 14 heavy (non-hydrogen) atoms. The molecule has 1 rings (SSSR count). The predicted octanol–water partition coefficient (Wildman–Crippen LogP) is 3.20. The molecule has 0 unspecified atom stereocenters. The first-order valence-electron chi connectivity index (χ1n) is 3.72. The molecule has 72 valence electrons. The SMILES string of the molecule is [N-]=[N+]=NCC=Cc1cnc(F)c(Cl)c1. The van der Waals surface area contributed by atoms with E-state index in [1.54, 1.807) is 12.2 Å². The van der Waals surface area contributed by atoms with Gasteiger partial charge in [-0.25, -0.2) is 4.98 Å². The van der Waals surface area contributed by atoms with Crippen molar-refractivity contribution in [3.63, 3.8) is 0 Å². The van der Waals surface area contributed by atoms with E-state index in [4.69, 9.17) is 17.1 Å². The summed E-state index contributed by atoms with van der Waals surface area (Å²) in [5.74, 6) is -0.695. The minimum Gasteiger partial charge on any atom is -0.226 e. The molecule has 0 saturated carbocycles. The average molecular weight is 213 g/mol. The molecule has 0 N–H and O–H groups in total. The van der Waals surface area contributed by atoms with Crippen molar-refractivity contribution in [1.29, 1.82) is 0 Å². The number of rotatable bonds is 3. The van der Waals surface area contributed by atoms with E-state index in [-0.39, 0.29) is 11.6 Å². The second kappa shape index (κ2) is 5.21. The van der Waals surface area contributed by atoms with Gasteiger partial charge in [-0.05, 0) is 17.2 Å². The Bertz CT molecular complexity index is 398. The van der Waals surface area contributed by atoms with Crippen molar-refractivity contribution in [1.82, 2.24) is 4.98 Å². The van der Waals surface area contributed by atoms with Crippen LogP contribution in [-0.4, -0.2) is 11.5 Å². The quantitative estimate of drug-likeness (QED) is 0.328. The van der Waals surface area contributed by atoms with Crippen molar-refractivity contribution in [2.75, 3.05) is 6.54 Å². The third-order valence-electron chi connectivity index (χ3n) is 1.38. The van der Waals surface area contributed by atoms with E-state index in [1.807, 2.05) is 0 Å². The molecular weight excluding hydrogens is 207 g/mol. The van der Waals surface area contributed by atoms with Gasteiger partial charge in [-0.3, -0.25) is 0 Å². The Morgan fingerprint density at radius 3 is 3.14 bits per heavy atom. The second-order valence-corrected chi connectivity index (χ2v) is 2.76. The number of halogens is 2. The minimum atomic E-state index is -0.695. The van der Waals surface area contributed by atoms with Crippen LogP contribution in [0.25, 0.3) is 16.5 Å². The van der Waals surface area contributed by atoms with E-state index in [1.165, 1.54) is 12.3 Å². The molecular formula is C8H6ClFN4. The Kier molecular flexibility index (Phi) is 3.91. The number of pyridine rings is 1. The zero-order chi connectivity index (χ0) is 10.4. The maximum atomic E-state index is 12.6. The van der Waals surface area contributed by atoms with E-state index in [9.17, 15) is 4.39 Å². The fourth-order valence-corrected chi connectivity index (χ4v) is 0.974. The van der Waals surface area contributed by atoms with Crippen LogP contribution in [-0.2, 0) is 0 Å². The van der Waals surface area contributed by atoms with Crippen molar-refractivity contribution in [2.45, 2.75) is 0 Å². The molecule has 6 heteroatoms. The largest absolute Gasteiger partial charge is 0.231 e. The highest BCUT2D eigenvalue weighted by atomic mass is 35.5. The predicted molar refractivity (Wildman–Crippen MR) is 52.3 cm³/mol. The first kappa shape index (κ1) is 10.5. The summed E-state index contributed by atoms with van der Waals surface area (Å²) in [7, 11) is 0. The lowest BCUT2D eigenvalue weighted by Crippen LogP contribution is -1.84. The number of hydrogen-bond acceptors (Lipinski definition) is 2. The van der Waals surface area contributed by atoms with Crippen LogP contribution < -0.4 is 0 Å². The molecule has 1 aromatic heterocycles. The fraction of sp³-hybridized carbons (Fsp3) is 0.125. The van der Waals surface area contributed by atoms with Gasteiger partial charge in [0.05, 0.1) is 5.02 Å². The van der Waals surface area contributed by atoms with Gasteiger partial charge < -0.3 is 0 Å². The van der Waals surface area contributed by atoms with E-state index in [0.717, 1.165) is 0 Å². The monoisotopic (exact) mass is 212 g/mol. The standard InChI is InChI=1S/C8H6ClFN4/c9-7-4-6(5-12-8(7)10)2-1-3-13-14-11/h1-2,4-5H,3H2. The Labute approximate surface area is 84.7 Å². The van der Waals surface area contributed by atoms with Gasteiger partial charge in [0.25, 0.3) is 0 Å². The molecule has 1 aromatic rings. The summed E-state index contributed by atoms with van der Waals surface area (Å²) in [6.07, 6.45) is 4.62. The summed E-state index contributed by atoms with van der Waals surface area (Å²) in [4.78, 5) is 5.99. The molecule has 1 heterocycles. The highest BCUT2D eigenvalue weighted by Crippen LogP contribution is 2.14. The van der Waals surface area contributed by atoms with Crippen molar-refractivity contribution >= 4 is 17.7 Å². The highest BCUT2D eigenvalue weighted by Gasteiger charge is 1.99. The molecule has 0 aliphatic rings. The first-order chi connectivity index (χ1) is 6.74. The molecule has 0 radical (unpaired) electrons. The van der Waals surface area contributed by atoms with Gasteiger partial charge in [-0.15, -0.1) is 0 Å². The lowest BCUT2D eigenvalue weighted by molar-refractivity contribution is 0.584. The van der Waals surface area contributed by atoms with Crippen LogP contribution in [0.1, 0.15) is 5.56 Å². The van der Waals surface area contributed by atoms with E-state index >= 15 is 0 Å². The van der Waals surface area contributed by atoms with Gasteiger partial charge in [-0.1, -0.05) is 28.9 Å². The zero-order valence-corrected chi connectivity index (χ0v) is 7.82. The molecule has 0 aromatic carbocycles. The van der Waals surface area contributed by atoms with Crippen molar-refractivity contribution in [3.8, 4) is 0 Å². The molecule has 0 fully saturated rings. The molecule has 0 amide bonds. The Morgan fingerprint density at radius 2 is 2.50 bits per heavy atom. The number of azide groups is 1. The normalized spacial score (nSPS) is 10.1. The van der Waals surface area contributed by atoms with Crippen LogP contribution >= 0.6 is 11.6 Å². The fourth-order valence-electron chi connectivity index (χ4n) is 0.800. The maximum Gasteiger partial charge on any atom is 0.231 e. The van der Waals surface area contributed by atoms with Crippen molar-refractivity contribution < 1.29 is 4.39 Å². The second-order valence-electron chi connectivity index (χ2n) is 2.36. The molecule has 4 nitrogen and oxygen atoms in total. The summed E-state index contributed by atoms with van der Waals surface area (Å²) in [6, 6.07) is 1.44. The first-order valence-corrected chi connectivity index (χ1v) is 4.10. The van der Waals surface area contributed by atoms with Gasteiger partial charge in [0.2, 0.25) is 5.95 Å². The van der Waals surface area contributed by atoms with Gasteiger partial charge in [-0.2, -0.15) is 4.39 Å². The Morgan fingerprint density at radius 1 is 1.71 bits per heavy atom. The van der Waals surface area contributed by atoms with Crippen LogP contribution in [0.4, 0.5) is 4.39 Å². The maximum absolute atomic E-state index is 12.6. The van der Waals surface area contributed by atoms with Crippen LogP contribution in [0.2, 0.25) is 5.02 Å². The average Bonchev–Trinajstić information content (AvgIpc) is 2.18. The van der Waals surface area contributed by atoms with Crippen molar-refractivity contribution in [2.24, 2.45) is 5.11 Å². The smallest absolute Gasteiger partial charge is 0.226 e. The summed E-state index contributed by atoms with van der Waals surface area (Å²) >= 11 is 5.50. The van der Waals surface area contributed by atoms with Crippen LogP contribution in [0.3, 0.4) is 0 Å². The summed E-state index contributed by atoms with van der Waals surface area (Å²) < 4.78 is 12.6. The third-order valence-corrected chi connectivity index (χ3v) is 1.64. The number of hydrogen-bond donors (Lipinski definition) is 0. The van der Waals surface area contributed by atoms with Gasteiger partial charge in [0.1, 0.15) is 0 Å². The van der Waals surface area contributed by atoms with Gasteiger partial charge in [0.15, 0.2) is 0 Å². The van der Waals surface area contributed by atoms with E-state index in [0.29, 0.717) is 5.56 Å². The zero-order valence-electron chi connectivity index (χ0n) is 7.06. The molecule has 0 aliphatic heterocycles. The van der Waals surface area contributed by atoms with Crippen LogP contribution in [0.15, 0.2) is 23.5 Å². The van der Waals surface area contributed by atoms with Gasteiger partial charge >= 0.3 is 0 Å². The molecule has 0 saturated heterocycles. The summed E-state index contributed by atoms with van der Waals surface area (Å²) in [6.45, 7) is 0.242. The van der Waals surface area contributed by atoms with E-state index < -0.39 is 5.95 Å². The summed E-state index contributed by atoms with van der Waals surface area (Å²) in [5, 5.41) is 3.26. The topological polar surface area (TPSA) is 61.7 Å². The number of aromatic nitrogens is 1. The van der Waals surface area contributed by atoms with Crippen molar-refractivity contribution in [3.05, 3.63) is 45.3 Å². The third kappa shape index (κ3) is 3.05. The molecule has 0 bridgehead atoms. The Hall–Kier alpha value is -1.58. The lowest BCUT2D eigenvalue weighted by atomic mass is 10.2.